The van der Waals surface area contributed by atoms with E-state index < -0.39 is 0 Å². The van der Waals surface area contributed by atoms with Crippen molar-refractivity contribution in [3.05, 3.63) is 5.82 Å². The predicted molar refractivity (Wildman–Crippen MR) is 54.8 cm³/mol. The highest BCUT2D eigenvalue weighted by Crippen LogP contribution is 2.07. The average Bonchev–Trinajstić information content (AvgIpc) is 2.63. The molecule has 1 rings (SSSR count). The lowest BCUT2D eigenvalue weighted by Gasteiger charge is -2.11. The largest absolute Gasteiger partial charge is 0.308 e. The van der Waals surface area contributed by atoms with Crippen molar-refractivity contribution >= 4 is 0 Å². The molecule has 1 N–H and O–H groups in total. The normalized spacial score (nSPS) is 13.1. The van der Waals surface area contributed by atoms with Gasteiger partial charge < -0.3 is 5.32 Å². The van der Waals surface area contributed by atoms with Gasteiger partial charge in [0, 0.05) is 6.54 Å². The molecule has 0 aliphatic rings. The number of rotatable bonds is 6. The number of hydrogen-bond acceptors (Lipinski definition) is 4. The van der Waals surface area contributed by atoms with Crippen molar-refractivity contribution in [1.29, 1.82) is 0 Å². The quantitative estimate of drug-likeness (QED) is 0.743. The molecule has 0 aromatic carbocycles. The Kier molecular flexibility index (Phi) is 4.52. The molecule has 14 heavy (non-hydrogen) atoms. The van der Waals surface area contributed by atoms with Gasteiger partial charge in [-0.1, -0.05) is 20.3 Å². The van der Waals surface area contributed by atoms with Crippen LogP contribution in [0, 0.1) is 0 Å². The standard InChI is InChI=1S/C9H19N5/c1-4-6-7-14-9(11-12-13-14)8(3)10-5-2/h8,10H,4-7H2,1-3H3. The topological polar surface area (TPSA) is 55.6 Å². The molecule has 5 nitrogen and oxygen atoms in total. The molecule has 1 atom stereocenters. The molecular weight excluding hydrogens is 178 g/mol. The van der Waals surface area contributed by atoms with E-state index in [0.29, 0.717) is 0 Å². The summed E-state index contributed by atoms with van der Waals surface area (Å²) < 4.78 is 1.89. The van der Waals surface area contributed by atoms with Crippen LogP contribution in [0.15, 0.2) is 0 Å². The number of unbranched alkanes of at least 4 members (excludes halogenated alkanes) is 1. The Morgan fingerprint density at radius 3 is 2.86 bits per heavy atom. The van der Waals surface area contributed by atoms with Crippen LogP contribution in [0.25, 0.3) is 0 Å². The fourth-order valence-corrected chi connectivity index (χ4v) is 1.39. The van der Waals surface area contributed by atoms with Crippen LogP contribution >= 0.6 is 0 Å². The van der Waals surface area contributed by atoms with Gasteiger partial charge in [0.05, 0.1) is 6.04 Å². The van der Waals surface area contributed by atoms with E-state index in [1.807, 2.05) is 4.68 Å². The summed E-state index contributed by atoms with van der Waals surface area (Å²) in [5.74, 6) is 0.931. The molecule has 80 valence electrons. The van der Waals surface area contributed by atoms with E-state index in [1.165, 1.54) is 0 Å². The van der Waals surface area contributed by atoms with Gasteiger partial charge in [-0.2, -0.15) is 0 Å². The van der Waals surface area contributed by atoms with Crippen LogP contribution in [0.4, 0.5) is 0 Å². The molecule has 0 spiro atoms. The Bertz CT molecular complexity index is 257. The lowest BCUT2D eigenvalue weighted by Crippen LogP contribution is -2.22. The van der Waals surface area contributed by atoms with Gasteiger partial charge in [-0.3, -0.25) is 0 Å². The van der Waals surface area contributed by atoms with Crippen molar-refractivity contribution in [1.82, 2.24) is 25.5 Å². The highest BCUT2D eigenvalue weighted by molar-refractivity contribution is 4.89. The molecule has 0 amide bonds. The maximum absolute atomic E-state index is 4.03. The molecule has 0 aliphatic heterocycles. The fraction of sp³-hybridized carbons (Fsp3) is 0.889. The van der Waals surface area contributed by atoms with Gasteiger partial charge in [-0.25, -0.2) is 4.68 Å². The molecule has 1 aromatic heterocycles. The highest BCUT2D eigenvalue weighted by Gasteiger charge is 2.12. The summed E-state index contributed by atoms with van der Waals surface area (Å²) in [7, 11) is 0. The monoisotopic (exact) mass is 197 g/mol. The summed E-state index contributed by atoms with van der Waals surface area (Å²) >= 11 is 0. The molecule has 5 heteroatoms. The lowest BCUT2D eigenvalue weighted by molar-refractivity contribution is 0.481. The molecule has 0 radical (unpaired) electrons. The predicted octanol–water partition coefficient (Wildman–Crippen LogP) is 1.14. The summed E-state index contributed by atoms with van der Waals surface area (Å²) in [4.78, 5) is 0. The van der Waals surface area contributed by atoms with Crippen LogP contribution in [0.3, 0.4) is 0 Å². The zero-order valence-corrected chi connectivity index (χ0v) is 9.19. The van der Waals surface area contributed by atoms with Crippen molar-refractivity contribution in [3.8, 4) is 0 Å². The Hall–Kier alpha value is -0.970. The molecule has 0 aliphatic carbocycles. The lowest BCUT2D eigenvalue weighted by atomic mass is 10.3. The third-order valence-corrected chi connectivity index (χ3v) is 2.18. The summed E-state index contributed by atoms with van der Waals surface area (Å²) in [6, 6.07) is 0.229. The minimum atomic E-state index is 0.229. The van der Waals surface area contributed by atoms with Gasteiger partial charge in [0.2, 0.25) is 0 Å². The number of aryl methyl sites for hydroxylation is 1. The van der Waals surface area contributed by atoms with Crippen LogP contribution in [-0.2, 0) is 6.54 Å². The van der Waals surface area contributed by atoms with E-state index in [9.17, 15) is 0 Å². The number of nitrogens with zero attached hydrogens (tertiary/aromatic N) is 4. The van der Waals surface area contributed by atoms with Crippen molar-refractivity contribution in [2.24, 2.45) is 0 Å². The van der Waals surface area contributed by atoms with Crippen LogP contribution < -0.4 is 5.32 Å². The zero-order valence-electron chi connectivity index (χ0n) is 9.19. The van der Waals surface area contributed by atoms with E-state index in [4.69, 9.17) is 0 Å². The molecular formula is C9H19N5. The molecule has 0 fully saturated rings. The van der Waals surface area contributed by atoms with Gasteiger partial charge in [0.15, 0.2) is 5.82 Å². The van der Waals surface area contributed by atoms with Gasteiger partial charge in [-0.05, 0) is 30.3 Å². The van der Waals surface area contributed by atoms with E-state index in [-0.39, 0.29) is 6.04 Å². The molecule has 0 saturated carbocycles. The second-order valence-electron chi connectivity index (χ2n) is 3.39. The SMILES string of the molecule is CCCCn1nnnc1C(C)NCC. The number of tetrazole rings is 1. The summed E-state index contributed by atoms with van der Waals surface area (Å²) in [6.45, 7) is 8.17. The maximum Gasteiger partial charge on any atom is 0.167 e. The van der Waals surface area contributed by atoms with E-state index in [0.717, 1.165) is 31.8 Å². The first-order valence-corrected chi connectivity index (χ1v) is 5.29. The Labute approximate surface area is 84.9 Å². The van der Waals surface area contributed by atoms with Crippen molar-refractivity contribution in [3.63, 3.8) is 0 Å². The summed E-state index contributed by atoms with van der Waals surface area (Å²) in [6.07, 6.45) is 2.28. The first kappa shape index (κ1) is 11.1. The minimum absolute atomic E-state index is 0.229. The molecule has 0 saturated heterocycles. The van der Waals surface area contributed by atoms with Crippen LogP contribution in [0.1, 0.15) is 45.5 Å². The number of nitrogens with one attached hydrogen (secondary N) is 1. The summed E-state index contributed by atoms with van der Waals surface area (Å²) in [5.41, 5.74) is 0. The van der Waals surface area contributed by atoms with E-state index >= 15 is 0 Å². The van der Waals surface area contributed by atoms with E-state index in [2.05, 4.69) is 41.6 Å². The second kappa shape index (κ2) is 5.70. The fourth-order valence-electron chi connectivity index (χ4n) is 1.39. The van der Waals surface area contributed by atoms with Gasteiger partial charge in [-0.15, -0.1) is 5.10 Å². The van der Waals surface area contributed by atoms with Crippen molar-refractivity contribution < 1.29 is 0 Å². The molecule has 1 aromatic rings. The van der Waals surface area contributed by atoms with Crippen LogP contribution in [0.5, 0.6) is 0 Å². The summed E-state index contributed by atoms with van der Waals surface area (Å²) in [5, 5.41) is 15.0. The number of aromatic nitrogens is 4. The third kappa shape index (κ3) is 2.77. The average molecular weight is 197 g/mol. The molecule has 1 unspecified atom stereocenters. The van der Waals surface area contributed by atoms with Gasteiger partial charge in [0.1, 0.15) is 0 Å². The Balaban J connectivity index is 2.61. The highest BCUT2D eigenvalue weighted by atomic mass is 15.5. The number of hydrogen-bond donors (Lipinski definition) is 1. The van der Waals surface area contributed by atoms with Crippen LogP contribution in [-0.4, -0.2) is 26.8 Å². The van der Waals surface area contributed by atoms with Crippen LogP contribution in [0.2, 0.25) is 0 Å². The van der Waals surface area contributed by atoms with Gasteiger partial charge in [0.25, 0.3) is 0 Å². The Morgan fingerprint density at radius 2 is 2.21 bits per heavy atom. The molecule has 1 heterocycles. The van der Waals surface area contributed by atoms with Crippen molar-refractivity contribution in [2.75, 3.05) is 6.54 Å². The first-order chi connectivity index (χ1) is 6.79. The smallest absolute Gasteiger partial charge is 0.167 e. The minimum Gasteiger partial charge on any atom is -0.308 e. The first-order valence-electron chi connectivity index (χ1n) is 5.29. The molecule has 0 bridgehead atoms. The second-order valence-corrected chi connectivity index (χ2v) is 3.39. The Morgan fingerprint density at radius 1 is 1.43 bits per heavy atom. The van der Waals surface area contributed by atoms with Crippen molar-refractivity contribution in [2.45, 2.75) is 46.2 Å². The third-order valence-electron chi connectivity index (χ3n) is 2.18. The zero-order chi connectivity index (χ0) is 10.4. The van der Waals surface area contributed by atoms with E-state index in [1.54, 1.807) is 0 Å². The maximum atomic E-state index is 4.03. The van der Waals surface area contributed by atoms with Gasteiger partial charge >= 0.3 is 0 Å².